The quantitative estimate of drug-likeness (QED) is 0.0972. The van der Waals surface area contributed by atoms with Crippen molar-refractivity contribution < 1.29 is 61.1 Å². The molecule has 1 aromatic carbocycles. The number of ketones is 1. The molecule has 284 valence electrons. The minimum atomic E-state index is -4.24. The van der Waals surface area contributed by atoms with Gasteiger partial charge in [0.2, 0.25) is 0 Å². The van der Waals surface area contributed by atoms with Crippen molar-refractivity contribution in [3.05, 3.63) is 46.1 Å². The number of benzene rings is 1. The van der Waals surface area contributed by atoms with E-state index < -0.39 is 33.5 Å². The highest BCUT2D eigenvalue weighted by Gasteiger charge is 2.22. The predicted molar refractivity (Wildman–Crippen MR) is 185 cm³/mol. The molecule has 2 aromatic rings. The number of carbonyl (C=O) groups excluding carboxylic acids is 3. The summed E-state index contributed by atoms with van der Waals surface area (Å²) in [6.45, 7) is 6.19. The Kier molecular flexibility index (Phi) is 19.1. The predicted octanol–water partition coefficient (Wildman–Crippen LogP) is 3.53. The summed E-state index contributed by atoms with van der Waals surface area (Å²) < 4.78 is 59.8. The molecule has 0 aliphatic rings. The molecule has 16 nitrogen and oxygen atoms in total. The number of hydrogen-bond donors (Lipinski definition) is 3. The molecule has 0 fully saturated rings. The van der Waals surface area contributed by atoms with Crippen LogP contribution >= 0.6 is 23.2 Å². The zero-order valence-corrected chi connectivity index (χ0v) is 30.9. The van der Waals surface area contributed by atoms with Gasteiger partial charge in [0.1, 0.15) is 35.3 Å². The second-order valence-electron chi connectivity index (χ2n) is 11.6. The number of nitrogens with one attached hydrogen (secondary N) is 2. The van der Waals surface area contributed by atoms with Crippen LogP contribution in [0.3, 0.4) is 0 Å². The molecule has 0 saturated carbocycles. The SMILES string of the molecule is CC(C)(C)OC(=O)CCOc1cc(Cl)c(S(=O)(=O)Nc2ccc(C(=O)NCCOCCOCC(=O)CCCOCCOCC(=O)O)cn2)cc1Cl. The van der Waals surface area contributed by atoms with Crippen LogP contribution in [-0.2, 0) is 48.1 Å². The van der Waals surface area contributed by atoms with Gasteiger partial charge in [-0.05, 0) is 45.4 Å². The number of carbonyl (C=O) groups is 4. The van der Waals surface area contributed by atoms with Gasteiger partial charge >= 0.3 is 11.9 Å². The standard InChI is InChI=1S/C32H43Cl2N3O13S/c1-32(2,3)50-30(41)8-11-49-26-17-25(34)27(18-24(26)33)51(43,44)37-28-7-6-22(19-36-28)31(42)35-9-12-46-14-15-47-20-23(38)5-4-10-45-13-16-48-21-29(39)40/h6-7,17-19H,4-5,8-16,20-21H2,1-3H3,(H,35,42)(H,36,37)(H,39,40). The van der Waals surface area contributed by atoms with Crippen molar-refractivity contribution in [3.8, 4) is 5.75 Å². The normalized spacial score (nSPS) is 11.5. The van der Waals surface area contributed by atoms with E-state index in [1.54, 1.807) is 20.8 Å². The summed E-state index contributed by atoms with van der Waals surface area (Å²) in [6.07, 6.45) is 1.91. The molecule has 1 heterocycles. The topological polar surface area (TPSA) is 215 Å². The van der Waals surface area contributed by atoms with E-state index in [1.807, 2.05) is 0 Å². The van der Waals surface area contributed by atoms with Crippen LogP contribution in [0.1, 0.15) is 50.4 Å². The van der Waals surface area contributed by atoms with Crippen molar-refractivity contribution in [2.24, 2.45) is 0 Å². The lowest BCUT2D eigenvalue weighted by Crippen LogP contribution is -2.28. The number of carboxylic acids is 1. The smallest absolute Gasteiger partial charge is 0.329 e. The molecule has 0 aliphatic heterocycles. The van der Waals surface area contributed by atoms with Gasteiger partial charge in [0, 0.05) is 31.8 Å². The van der Waals surface area contributed by atoms with Gasteiger partial charge in [-0.25, -0.2) is 18.2 Å². The molecule has 51 heavy (non-hydrogen) atoms. The molecular weight excluding hydrogens is 737 g/mol. The number of aliphatic carboxylic acids is 1. The first kappa shape index (κ1) is 43.6. The van der Waals surface area contributed by atoms with Gasteiger partial charge in [-0.2, -0.15) is 0 Å². The lowest BCUT2D eigenvalue weighted by atomic mass is 10.2. The van der Waals surface area contributed by atoms with Crippen LogP contribution in [0, 0.1) is 0 Å². The number of aromatic nitrogens is 1. The average Bonchev–Trinajstić information content (AvgIpc) is 3.04. The lowest BCUT2D eigenvalue weighted by molar-refractivity contribution is -0.155. The monoisotopic (exact) mass is 779 g/mol. The Morgan fingerprint density at radius 2 is 1.51 bits per heavy atom. The highest BCUT2D eigenvalue weighted by atomic mass is 35.5. The van der Waals surface area contributed by atoms with E-state index in [9.17, 15) is 27.6 Å². The first-order chi connectivity index (χ1) is 24.1. The first-order valence-electron chi connectivity index (χ1n) is 15.7. The summed E-state index contributed by atoms with van der Waals surface area (Å²) in [5.41, 5.74) is -0.473. The van der Waals surface area contributed by atoms with Crippen LogP contribution < -0.4 is 14.8 Å². The Balaban J connectivity index is 1.66. The minimum absolute atomic E-state index is 0.0506. The van der Waals surface area contributed by atoms with Crippen molar-refractivity contribution in [3.63, 3.8) is 0 Å². The number of esters is 1. The molecule has 19 heteroatoms. The Morgan fingerprint density at radius 3 is 2.16 bits per heavy atom. The molecule has 0 radical (unpaired) electrons. The zero-order valence-electron chi connectivity index (χ0n) is 28.5. The maximum atomic E-state index is 13.0. The third-order valence-electron chi connectivity index (χ3n) is 6.03. The number of sulfonamides is 1. The summed E-state index contributed by atoms with van der Waals surface area (Å²) in [5.74, 6) is -2.07. The number of pyridine rings is 1. The van der Waals surface area contributed by atoms with Crippen molar-refractivity contribution in [2.45, 2.75) is 50.5 Å². The molecule has 0 bridgehead atoms. The van der Waals surface area contributed by atoms with Gasteiger partial charge in [0.15, 0.2) is 5.78 Å². The van der Waals surface area contributed by atoms with E-state index in [2.05, 4.69) is 15.0 Å². The molecule has 0 saturated heterocycles. The van der Waals surface area contributed by atoms with Gasteiger partial charge in [0.05, 0.1) is 61.7 Å². The molecular formula is C32H43Cl2N3O13S. The lowest BCUT2D eigenvalue weighted by Gasteiger charge is -2.19. The molecule has 1 amide bonds. The average molecular weight is 781 g/mol. The number of carboxylic acid groups (broad SMARTS) is 1. The van der Waals surface area contributed by atoms with Crippen molar-refractivity contribution in [1.82, 2.24) is 10.3 Å². The first-order valence-corrected chi connectivity index (χ1v) is 18.0. The van der Waals surface area contributed by atoms with Crippen molar-refractivity contribution >= 4 is 62.7 Å². The molecule has 2 rings (SSSR count). The number of hydrogen-bond acceptors (Lipinski definition) is 13. The Morgan fingerprint density at radius 1 is 0.843 bits per heavy atom. The number of anilines is 1. The van der Waals surface area contributed by atoms with Crippen LogP contribution in [0.15, 0.2) is 35.4 Å². The van der Waals surface area contributed by atoms with Gasteiger partial charge in [-0.15, -0.1) is 0 Å². The number of amides is 1. The molecule has 0 aliphatic carbocycles. The van der Waals surface area contributed by atoms with Crippen LogP contribution in [0.4, 0.5) is 5.82 Å². The van der Waals surface area contributed by atoms with E-state index in [1.165, 1.54) is 24.4 Å². The Hall–Kier alpha value is -3.58. The van der Waals surface area contributed by atoms with Crippen LogP contribution in [-0.4, -0.2) is 114 Å². The number of rotatable bonds is 25. The fraction of sp³-hybridized carbons (Fsp3) is 0.531. The molecule has 0 atom stereocenters. The van der Waals surface area contributed by atoms with E-state index in [-0.39, 0.29) is 110 Å². The zero-order chi connectivity index (χ0) is 37.9. The van der Waals surface area contributed by atoms with Crippen molar-refractivity contribution in [2.75, 3.05) is 70.7 Å². The number of ether oxygens (including phenoxy) is 6. The second kappa shape index (κ2) is 22.4. The largest absolute Gasteiger partial charge is 0.491 e. The Labute approximate surface area is 306 Å². The summed E-state index contributed by atoms with van der Waals surface area (Å²) in [7, 11) is -4.24. The van der Waals surface area contributed by atoms with Gasteiger partial charge in [0.25, 0.3) is 15.9 Å². The maximum Gasteiger partial charge on any atom is 0.329 e. The highest BCUT2D eigenvalue weighted by molar-refractivity contribution is 7.92. The van der Waals surface area contributed by atoms with Crippen LogP contribution in [0.2, 0.25) is 10.0 Å². The fourth-order valence-corrected chi connectivity index (χ4v) is 5.65. The molecule has 1 aromatic heterocycles. The fourth-order valence-electron chi connectivity index (χ4n) is 3.81. The van der Waals surface area contributed by atoms with Gasteiger partial charge < -0.3 is 38.8 Å². The third-order valence-corrected chi connectivity index (χ3v) is 8.15. The van der Waals surface area contributed by atoms with E-state index in [0.29, 0.717) is 13.0 Å². The van der Waals surface area contributed by atoms with Gasteiger partial charge in [-0.1, -0.05) is 23.2 Å². The molecule has 0 spiro atoms. The number of Topliss-reactive ketones (excluding diaryl/α,β-unsaturated/α-hetero) is 1. The molecule has 0 unspecified atom stereocenters. The summed E-state index contributed by atoms with van der Waals surface area (Å²) in [4.78, 5) is 50.1. The minimum Gasteiger partial charge on any atom is -0.491 e. The Bertz CT molecular complexity index is 1550. The number of halogens is 2. The van der Waals surface area contributed by atoms with E-state index in [0.717, 1.165) is 6.07 Å². The maximum absolute atomic E-state index is 13.0. The second-order valence-corrected chi connectivity index (χ2v) is 14.0. The van der Waals surface area contributed by atoms with Crippen LogP contribution in [0.25, 0.3) is 0 Å². The summed E-state index contributed by atoms with van der Waals surface area (Å²) in [5, 5.41) is 10.9. The summed E-state index contributed by atoms with van der Waals surface area (Å²) >= 11 is 12.5. The van der Waals surface area contributed by atoms with Crippen LogP contribution in [0.5, 0.6) is 5.75 Å². The van der Waals surface area contributed by atoms with Crippen molar-refractivity contribution in [1.29, 1.82) is 0 Å². The highest BCUT2D eigenvalue weighted by Crippen LogP contribution is 2.34. The third kappa shape index (κ3) is 18.5. The van der Waals surface area contributed by atoms with E-state index >= 15 is 0 Å². The molecule has 3 N–H and O–H groups in total. The van der Waals surface area contributed by atoms with Gasteiger partial charge in [-0.3, -0.25) is 19.1 Å². The van der Waals surface area contributed by atoms with E-state index in [4.69, 9.17) is 56.7 Å². The number of nitrogens with zero attached hydrogens (tertiary/aromatic N) is 1. The summed E-state index contributed by atoms with van der Waals surface area (Å²) in [6, 6.07) is 5.02.